The second kappa shape index (κ2) is 12.3. The van der Waals surface area contributed by atoms with Crippen molar-refractivity contribution >= 4 is 17.5 Å². The van der Waals surface area contributed by atoms with E-state index in [2.05, 4.69) is 36.1 Å². The zero-order chi connectivity index (χ0) is 25.5. The Labute approximate surface area is 218 Å². The molecule has 1 heterocycles. The monoisotopic (exact) mass is 508 g/mol. The van der Waals surface area contributed by atoms with Crippen LogP contribution in [0.15, 0.2) is 66.7 Å². The van der Waals surface area contributed by atoms with Gasteiger partial charge in [0.25, 0.3) is 5.91 Å². The van der Waals surface area contributed by atoms with Gasteiger partial charge in [0, 0.05) is 43.8 Å². The minimum atomic E-state index is -0.105. The van der Waals surface area contributed by atoms with Crippen LogP contribution in [0.25, 0.3) is 0 Å². The quantitative estimate of drug-likeness (QED) is 0.388. The van der Waals surface area contributed by atoms with Gasteiger partial charge in [-0.25, -0.2) is 0 Å². The molecule has 1 aliphatic rings. The number of piperazine rings is 1. The summed E-state index contributed by atoms with van der Waals surface area (Å²) < 4.78 is 17.1. The molecule has 0 spiro atoms. The molecule has 0 unspecified atom stereocenters. The molecule has 1 amide bonds. The molecular formula is C29H33ClN2O4. The number of amides is 1. The van der Waals surface area contributed by atoms with E-state index in [-0.39, 0.29) is 12.0 Å². The van der Waals surface area contributed by atoms with E-state index in [4.69, 9.17) is 25.8 Å². The fourth-order valence-corrected chi connectivity index (χ4v) is 4.57. The van der Waals surface area contributed by atoms with Gasteiger partial charge in [-0.2, -0.15) is 0 Å². The van der Waals surface area contributed by atoms with Crippen LogP contribution < -0.4 is 9.47 Å². The molecule has 3 aromatic carbocycles. The van der Waals surface area contributed by atoms with E-state index >= 15 is 0 Å². The van der Waals surface area contributed by atoms with Crippen molar-refractivity contribution in [3.05, 3.63) is 94.0 Å². The van der Waals surface area contributed by atoms with Crippen molar-refractivity contribution in [3.8, 4) is 11.5 Å². The highest BCUT2D eigenvalue weighted by atomic mass is 35.5. The van der Waals surface area contributed by atoms with Crippen LogP contribution in [-0.4, -0.2) is 62.7 Å². The van der Waals surface area contributed by atoms with E-state index in [9.17, 15) is 4.79 Å². The second-order valence-corrected chi connectivity index (χ2v) is 9.44. The Kier molecular flexibility index (Phi) is 8.86. The number of nitrogens with zero attached hydrogens (tertiary/aromatic N) is 2. The van der Waals surface area contributed by atoms with Crippen molar-refractivity contribution in [1.82, 2.24) is 9.80 Å². The molecule has 6 nitrogen and oxygen atoms in total. The third kappa shape index (κ3) is 6.58. The highest BCUT2D eigenvalue weighted by Crippen LogP contribution is 2.27. The summed E-state index contributed by atoms with van der Waals surface area (Å²) in [5.41, 5.74) is 4.01. The van der Waals surface area contributed by atoms with Crippen molar-refractivity contribution < 1.29 is 19.0 Å². The predicted molar refractivity (Wildman–Crippen MR) is 142 cm³/mol. The summed E-state index contributed by atoms with van der Waals surface area (Å²) in [6, 6.07) is 21.5. The molecule has 1 saturated heterocycles. The number of carbonyl (C=O) groups excluding carboxylic acids is 1. The molecule has 0 bridgehead atoms. The molecule has 7 heteroatoms. The predicted octanol–water partition coefficient (Wildman–Crippen LogP) is 5.38. The van der Waals surface area contributed by atoms with Crippen LogP contribution in [0.2, 0.25) is 5.02 Å². The van der Waals surface area contributed by atoms with Crippen molar-refractivity contribution in [2.24, 2.45) is 0 Å². The molecule has 1 atom stereocenters. The molecule has 0 radical (unpaired) electrons. The summed E-state index contributed by atoms with van der Waals surface area (Å²) in [6.07, 6.45) is -0.105. The van der Waals surface area contributed by atoms with Gasteiger partial charge in [-0.15, -0.1) is 0 Å². The van der Waals surface area contributed by atoms with Gasteiger partial charge in [0.15, 0.2) is 0 Å². The van der Waals surface area contributed by atoms with Gasteiger partial charge in [0.2, 0.25) is 0 Å². The second-order valence-electron chi connectivity index (χ2n) is 9.00. The number of benzene rings is 3. The Morgan fingerprint density at radius 2 is 1.69 bits per heavy atom. The van der Waals surface area contributed by atoms with Gasteiger partial charge in [0.05, 0.1) is 32.5 Å². The topological polar surface area (TPSA) is 51.2 Å². The van der Waals surface area contributed by atoms with Gasteiger partial charge in [-0.3, -0.25) is 9.69 Å². The number of ether oxygens (including phenoxy) is 3. The number of methoxy groups -OCH3 is 2. The summed E-state index contributed by atoms with van der Waals surface area (Å²) in [5, 5.41) is 0.706. The Balaban J connectivity index is 1.40. The SMILES string of the molecule is COc1ccc(C(=O)N2CCN(C[C@H](OCc3cccc(C)c3)c3ccc(Cl)cc3)CC2)c(OC)c1. The molecule has 190 valence electrons. The molecule has 4 rings (SSSR count). The van der Waals surface area contributed by atoms with E-state index in [1.807, 2.05) is 29.2 Å². The van der Waals surface area contributed by atoms with Gasteiger partial charge in [-0.1, -0.05) is 53.6 Å². The molecule has 0 saturated carbocycles. The minimum absolute atomic E-state index is 0.0286. The molecule has 1 aliphatic heterocycles. The van der Waals surface area contributed by atoms with Crippen LogP contribution in [0.5, 0.6) is 11.5 Å². The Bertz CT molecular complexity index is 1160. The fourth-order valence-electron chi connectivity index (χ4n) is 4.44. The van der Waals surface area contributed by atoms with Crippen LogP contribution in [0.3, 0.4) is 0 Å². The standard InChI is InChI=1S/C29H33ClN2O4/c1-21-5-4-6-22(17-21)20-36-28(23-7-9-24(30)10-8-23)19-31-13-15-32(16-14-31)29(33)26-12-11-25(34-2)18-27(26)35-3/h4-12,17-18,28H,13-16,19-20H2,1-3H3/t28-/m0/s1. The Morgan fingerprint density at radius 3 is 2.36 bits per heavy atom. The lowest BCUT2D eigenvalue weighted by molar-refractivity contribution is 0.00338. The van der Waals surface area contributed by atoms with Gasteiger partial charge >= 0.3 is 0 Å². The smallest absolute Gasteiger partial charge is 0.257 e. The van der Waals surface area contributed by atoms with Gasteiger partial charge in [-0.05, 0) is 42.3 Å². The first-order valence-electron chi connectivity index (χ1n) is 12.1. The van der Waals surface area contributed by atoms with Crippen LogP contribution >= 0.6 is 11.6 Å². The summed E-state index contributed by atoms with van der Waals surface area (Å²) in [6.45, 7) is 6.16. The number of rotatable bonds is 9. The van der Waals surface area contributed by atoms with Crippen molar-refractivity contribution in [2.75, 3.05) is 46.9 Å². The first-order chi connectivity index (χ1) is 17.5. The molecule has 0 aliphatic carbocycles. The van der Waals surface area contributed by atoms with Crippen LogP contribution in [0.1, 0.15) is 33.2 Å². The maximum atomic E-state index is 13.2. The first-order valence-corrected chi connectivity index (χ1v) is 12.5. The third-order valence-electron chi connectivity index (χ3n) is 6.50. The third-order valence-corrected chi connectivity index (χ3v) is 6.75. The summed E-state index contributed by atoms with van der Waals surface area (Å²) in [5.74, 6) is 1.15. The van der Waals surface area contributed by atoms with Crippen molar-refractivity contribution in [1.29, 1.82) is 0 Å². The minimum Gasteiger partial charge on any atom is -0.497 e. The highest BCUT2D eigenvalue weighted by molar-refractivity contribution is 6.30. The maximum Gasteiger partial charge on any atom is 0.257 e. The maximum absolute atomic E-state index is 13.2. The molecule has 0 aromatic heterocycles. The largest absolute Gasteiger partial charge is 0.497 e. The summed E-state index contributed by atoms with van der Waals surface area (Å²) >= 11 is 6.13. The van der Waals surface area contributed by atoms with E-state index in [1.165, 1.54) is 5.56 Å². The average Bonchev–Trinajstić information content (AvgIpc) is 2.91. The van der Waals surface area contributed by atoms with Crippen LogP contribution in [0, 0.1) is 6.92 Å². The lowest BCUT2D eigenvalue weighted by atomic mass is 10.1. The van der Waals surface area contributed by atoms with Crippen molar-refractivity contribution in [3.63, 3.8) is 0 Å². The number of hydrogen-bond acceptors (Lipinski definition) is 5. The average molecular weight is 509 g/mol. The first kappa shape index (κ1) is 26.0. The molecular weight excluding hydrogens is 476 g/mol. The van der Waals surface area contributed by atoms with Crippen molar-refractivity contribution in [2.45, 2.75) is 19.6 Å². The Morgan fingerprint density at radius 1 is 0.944 bits per heavy atom. The van der Waals surface area contributed by atoms with Crippen LogP contribution in [-0.2, 0) is 11.3 Å². The molecule has 0 N–H and O–H groups in total. The molecule has 1 fully saturated rings. The van der Waals surface area contributed by atoms with E-state index in [1.54, 1.807) is 32.4 Å². The zero-order valence-electron chi connectivity index (χ0n) is 21.1. The van der Waals surface area contributed by atoms with Gasteiger partial charge in [0.1, 0.15) is 11.5 Å². The fraction of sp³-hybridized carbons (Fsp3) is 0.345. The number of carbonyl (C=O) groups is 1. The molecule has 3 aromatic rings. The van der Waals surface area contributed by atoms with Gasteiger partial charge < -0.3 is 19.1 Å². The number of aryl methyl sites for hydroxylation is 1. The Hall–Kier alpha value is -3.06. The zero-order valence-corrected chi connectivity index (χ0v) is 21.8. The summed E-state index contributed by atoms with van der Waals surface area (Å²) in [4.78, 5) is 17.4. The lowest BCUT2D eigenvalue weighted by Crippen LogP contribution is -2.49. The van der Waals surface area contributed by atoms with E-state index < -0.39 is 0 Å². The normalized spacial score (nSPS) is 14.9. The number of hydrogen-bond donors (Lipinski definition) is 0. The van der Waals surface area contributed by atoms with E-state index in [0.29, 0.717) is 41.8 Å². The highest BCUT2D eigenvalue weighted by Gasteiger charge is 2.26. The summed E-state index contributed by atoms with van der Waals surface area (Å²) in [7, 11) is 3.16. The van der Waals surface area contributed by atoms with Crippen LogP contribution in [0.4, 0.5) is 0 Å². The van der Waals surface area contributed by atoms with E-state index in [0.717, 1.165) is 30.8 Å². The number of halogens is 1. The lowest BCUT2D eigenvalue weighted by Gasteiger charge is -2.36. The molecule has 36 heavy (non-hydrogen) atoms.